The average molecular weight is 264 g/mol. The molecule has 96 valence electrons. The van der Waals surface area contributed by atoms with Crippen LogP contribution in [0.5, 0.6) is 0 Å². The Labute approximate surface area is 111 Å². The number of anilines is 1. The van der Waals surface area contributed by atoms with Gasteiger partial charge in [0.1, 0.15) is 10.8 Å². The van der Waals surface area contributed by atoms with Gasteiger partial charge in [-0.15, -0.1) is 0 Å². The average Bonchev–Trinajstić information content (AvgIpc) is 2.72. The minimum atomic E-state index is 0.105. The smallest absolute Gasteiger partial charge is 0.220 e. The number of carbonyl (C=O) groups excluding carboxylic acids is 1. The number of hydrogen-bond donors (Lipinski definition) is 3. The summed E-state index contributed by atoms with van der Waals surface area (Å²) in [5.41, 5.74) is 7.28. The molecule has 1 amide bonds. The highest BCUT2D eigenvalue weighted by Crippen LogP contribution is 2.14. The molecule has 1 aromatic heterocycles. The standard InChI is InChI=1S/C12H16N4OS/c1-7-2-4-9(11(13)18)12(15-7)14-6-8-3-5-10(17)16-8/h2,4,8H,3,5-6H2,1H3,(H2,13,18)(H,14,15)(H,16,17). The number of pyridine rings is 1. The monoisotopic (exact) mass is 264 g/mol. The normalized spacial score (nSPS) is 18.5. The zero-order valence-electron chi connectivity index (χ0n) is 10.2. The molecule has 4 N–H and O–H groups in total. The summed E-state index contributed by atoms with van der Waals surface area (Å²) >= 11 is 4.99. The van der Waals surface area contributed by atoms with Gasteiger partial charge in [0.25, 0.3) is 0 Å². The van der Waals surface area contributed by atoms with E-state index in [4.69, 9.17) is 18.0 Å². The van der Waals surface area contributed by atoms with Gasteiger partial charge in [0.2, 0.25) is 5.91 Å². The van der Waals surface area contributed by atoms with Crippen LogP contribution < -0.4 is 16.4 Å². The Kier molecular flexibility index (Phi) is 3.76. The van der Waals surface area contributed by atoms with E-state index >= 15 is 0 Å². The molecular formula is C12H16N4OS. The molecule has 0 spiro atoms. The number of thiocarbonyl (C=S) groups is 1. The zero-order valence-corrected chi connectivity index (χ0v) is 11.0. The first-order chi connectivity index (χ1) is 8.56. The fraction of sp³-hybridized carbons (Fsp3) is 0.417. The molecule has 1 aliphatic rings. The van der Waals surface area contributed by atoms with E-state index in [2.05, 4.69) is 15.6 Å². The van der Waals surface area contributed by atoms with E-state index in [1.54, 1.807) is 0 Å². The van der Waals surface area contributed by atoms with Crippen LogP contribution in [0.3, 0.4) is 0 Å². The Balaban J connectivity index is 2.06. The van der Waals surface area contributed by atoms with Gasteiger partial charge in [-0.3, -0.25) is 4.79 Å². The Bertz CT molecular complexity index is 489. The van der Waals surface area contributed by atoms with Gasteiger partial charge >= 0.3 is 0 Å². The third-order valence-electron chi connectivity index (χ3n) is 2.90. The summed E-state index contributed by atoms with van der Waals surface area (Å²) < 4.78 is 0. The predicted octanol–water partition coefficient (Wildman–Crippen LogP) is 0.715. The van der Waals surface area contributed by atoms with Gasteiger partial charge in [-0.1, -0.05) is 12.2 Å². The summed E-state index contributed by atoms with van der Waals surface area (Å²) in [5, 5.41) is 6.10. The molecule has 0 aliphatic carbocycles. The van der Waals surface area contributed by atoms with E-state index in [1.165, 1.54) is 0 Å². The van der Waals surface area contributed by atoms with Gasteiger partial charge in [0, 0.05) is 24.7 Å². The second kappa shape index (κ2) is 5.30. The van der Waals surface area contributed by atoms with E-state index in [0.29, 0.717) is 23.8 Å². The van der Waals surface area contributed by atoms with Crippen molar-refractivity contribution in [2.75, 3.05) is 11.9 Å². The molecule has 18 heavy (non-hydrogen) atoms. The molecule has 0 radical (unpaired) electrons. The minimum absolute atomic E-state index is 0.105. The molecule has 1 saturated heterocycles. The highest BCUT2D eigenvalue weighted by atomic mass is 32.1. The third kappa shape index (κ3) is 2.95. The van der Waals surface area contributed by atoms with E-state index in [9.17, 15) is 4.79 Å². The maximum atomic E-state index is 11.1. The van der Waals surface area contributed by atoms with E-state index in [1.807, 2.05) is 19.1 Å². The molecule has 1 fully saturated rings. The van der Waals surface area contributed by atoms with Gasteiger partial charge in [-0.2, -0.15) is 0 Å². The Morgan fingerprint density at radius 1 is 1.67 bits per heavy atom. The summed E-state index contributed by atoms with van der Waals surface area (Å²) in [5.74, 6) is 0.789. The Morgan fingerprint density at radius 2 is 2.44 bits per heavy atom. The molecular weight excluding hydrogens is 248 g/mol. The van der Waals surface area contributed by atoms with E-state index in [0.717, 1.165) is 17.7 Å². The van der Waals surface area contributed by atoms with Crippen molar-refractivity contribution in [1.82, 2.24) is 10.3 Å². The first kappa shape index (κ1) is 12.8. The van der Waals surface area contributed by atoms with Crippen LogP contribution in [-0.2, 0) is 4.79 Å². The number of carbonyl (C=O) groups is 1. The second-order valence-electron chi connectivity index (χ2n) is 4.40. The number of rotatable bonds is 4. The first-order valence-corrected chi connectivity index (χ1v) is 6.28. The van der Waals surface area contributed by atoms with Crippen molar-refractivity contribution in [3.05, 3.63) is 23.4 Å². The minimum Gasteiger partial charge on any atom is -0.389 e. The van der Waals surface area contributed by atoms with Gasteiger partial charge in [0.05, 0.1) is 5.56 Å². The fourth-order valence-electron chi connectivity index (χ4n) is 1.94. The highest BCUT2D eigenvalue weighted by molar-refractivity contribution is 7.80. The summed E-state index contributed by atoms with van der Waals surface area (Å²) in [6.45, 7) is 2.55. The van der Waals surface area contributed by atoms with Crippen LogP contribution in [0.2, 0.25) is 0 Å². The molecule has 0 aromatic carbocycles. The molecule has 2 heterocycles. The number of nitrogens with one attached hydrogen (secondary N) is 2. The van der Waals surface area contributed by atoms with Crippen molar-refractivity contribution in [3.8, 4) is 0 Å². The quantitative estimate of drug-likeness (QED) is 0.698. The number of aryl methyl sites for hydroxylation is 1. The van der Waals surface area contributed by atoms with Crippen LogP contribution in [0, 0.1) is 6.92 Å². The number of nitrogens with zero attached hydrogens (tertiary/aromatic N) is 1. The van der Waals surface area contributed by atoms with Gasteiger partial charge in [-0.05, 0) is 25.5 Å². The lowest BCUT2D eigenvalue weighted by Gasteiger charge is -2.14. The first-order valence-electron chi connectivity index (χ1n) is 5.87. The van der Waals surface area contributed by atoms with Crippen LogP contribution in [0.25, 0.3) is 0 Å². The summed E-state index contributed by atoms with van der Waals surface area (Å²) in [4.78, 5) is 15.8. The van der Waals surface area contributed by atoms with Crippen LogP contribution in [0.15, 0.2) is 12.1 Å². The van der Waals surface area contributed by atoms with Crippen LogP contribution in [-0.4, -0.2) is 28.5 Å². The van der Waals surface area contributed by atoms with Crippen LogP contribution in [0.1, 0.15) is 24.1 Å². The van der Waals surface area contributed by atoms with E-state index in [-0.39, 0.29) is 11.9 Å². The maximum absolute atomic E-state index is 11.1. The molecule has 1 atom stereocenters. The number of amides is 1. The van der Waals surface area contributed by atoms with E-state index < -0.39 is 0 Å². The summed E-state index contributed by atoms with van der Waals surface area (Å²) in [7, 11) is 0. The lowest BCUT2D eigenvalue weighted by Crippen LogP contribution is -2.32. The number of nitrogens with two attached hydrogens (primary N) is 1. The van der Waals surface area contributed by atoms with Gasteiger partial charge in [0.15, 0.2) is 0 Å². The van der Waals surface area contributed by atoms with Crippen LogP contribution >= 0.6 is 12.2 Å². The second-order valence-corrected chi connectivity index (χ2v) is 4.84. The lowest BCUT2D eigenvalue weighted by molar-refractivity contribution is -0.119. The largest absolute Gasteiger partial charge is 0.389 e. The molecule has 5 nitrogen and oxygen atoms in total. The molecule has 1 unspecified atom stereocenters. The lowest BCUT2D eigenvalue weighted by atomic mass is 10.2. The maximum Gasteiger partial charge on any atom is 0.220 e. The number of aromatic nitrogens is 1. The van der Waals surface area contributed by atoms with Crippen molar-refractivity contribution in [2.45, 2.75) is 25.8 Å². The number of hydrogen-bond acceptors (Lipinski definition) is 4. The Morgan fingerprint density at radius 3 is 3.06 bits per heavy atom. The highest BCUT2D eigenvalue weighted by Gasteiger charge is 2.20. The van der Waals surface area contributed by atoms with Gasteiger partial charge < -0.3 is 16.4 Å². The van der Waals surface area contributed by atoms with Crippen LogP contribution in [0.4, 0.5) is 5.82 Å². The topological polar surface area (TPSA) is 80.0 Å². The van der Waals surface area contributed by atoms with Gasteiger partial charge in [-0.25, -0.2) is 4.98 Å². The van der Waals surface area contributed by atoms with Crippen molar-refractivity contribution in [3.63, 3.8) is 0 Å². The molecule has 2 rings (SSSR count). The SMILES string of the molecule is Cc1ccc(C(N)=S)c(NCC2CCC(=O)N2)n1. The third-order valence-corrected chi connectivity index (χ3v) is 3.12. The predicted molar refractivity (Wildman–Crippen MR) is 74.5 cm³/mol. The van der Waals surface area contributed by atoms with Crippen molar-refractivity contribution >= 4 is 28.9 Å². The molecule has 0 bridgehead atoms. The molecule has 0 saturated carbocycles. The zero-order chi connectivity index (χ0) is 13.1. The van der Waals surface area contributed by atoms with Crippen molar-refractivity contribution in [2.24, 2.45) is 5.73 Å². The molecule has 6 heteroatoms. The summed E-state index contributed by atoms with van der Waals surface area (Å²) in [6, 6.07) is 3.89. The molecule has 1 aromatic rings. The Hall–Kier alpha value is -1.69. The van der Waals surface area contributed by atoms with Crippen molar-refractivity contribution in [1.29, 1.82) is 0 Å². The molecule has 1 aliphatic heterocycles. The fourth-order valence-corrected chi connectivity index (χ4v) is 2.11. The van der Waals surface area contributed by atoms with Crippen molar-refractivity contribution < 1.29 is 4.79 Å². The summed E-state index contributed by atoms with van der Waals surface area (Å²) in [6.07, 6.45) is 1.44.